The SMILES string of the molecule is Clc1cc2n(Cc3cnc(Cl)s3)cccc-2n1. The Morgan fingerprint density at radius 2 is 2.24 bits per heavy atom. The summed E-state index contributed by atoms with van der Waals surface area (Å²) in [5, 5.41) is 0.516. The number of aromatic nitrogens is 3. The Hall–Kier alpha value is -1.10. The van der Waals surface area contributed by atoms with Gasteiger partial charge in [0.1, 0.15) is 5.15 Å². The number of hydrogen-bond donors (Lipinski definition) is 0. The van der Waals surface area contributed by atoms with Crippen molar-refractivity contribution in [2.75, 3.05) is 0 Å². The average Bonchev–Trinajstić information content (AvgIpc) is 2.84. The molecule has 0 unspecified atom stereocenters. The van der Waals surface area contributed by atoms with Gasteiger partial charge in [0.05, 0.1) is 17.9 Å². The van der Waals surface area contributed by atoms with Crippen LogP contribution in [0.2, 0.25) is 9.62 Å². The van der Waals surface area contributed by atoms with Crippen LogP contribution in [-0.2, 0) is 6.54 Å². The van der Waals surface area contributed by atoms with E-state index in [9.17, 15) is 0 Å². The van der Waals surface area contributed by atoms with E-state index in [0.717, 1.165) is 22.8 Å². The molecular weight excluding hydrogens is 277 g/mol. The fraction of sp³-hybridized carbons (Fsp3) is 0.0909. The quantitative estimate of drug-likeness (QED) is 0.716. The van der Waals surface area contributed by atoms with Crippen molar-refractivity contribution in [1.29, 1.82) is 0 Å². The zero-order valence-corrected chi connectivity index (χ0v) is 10.9. The summed E-state index contributed by atoms with van der Waals surface area (Å²) >= 11 is 13.2. The molecule has 1 aromatic rings. The molecule has 2 aliphatic rings. The highest BCUT2D eigenvalue weighted by Gasteiger charge is 2.11. The second-order valence-electron chi connectivity index (χ2n) is 3.56. The Kier molecular flexibility index (Phi) is 2.78. The normalized spacial score (nSPS) is 11.2. The molecule has 0 amide bonds. The van der Waals surface area contributed by atoms with Crippen LogP contribution in [0, 0.1) is 0 Å². The molecule has 1 aromatic heterocycles. The van der Waals surface area contributed by atoms with Crippen LogP contribution in [0.25, 0.3) is 11.4 Å². The summed E-state index contributed by atoms with van der Waals surface area (Å²) in [6.07, 6.45) is 3.78. The van der Waals surface area contributed by atoms with Crippen molar-refractivity contribution in [3.8, 4) is 11.4 Å². The monoisotopic (exact) mass is 283 g/mol. The Balaban J connectivity index is 2.01. The third kappa shape index (κ3) is 2.16. The second kappa shape index (κ2) is 4.29. The molecule has 3 heterocycles. The zero-order valence-electron chi connectivity index (χ0n) is 8.60. The third-order valence-corrected chi connectivity index (χ3v) is 3.72. The van der Waals surface area contributed by atoms with Crippen molar-refractivity contribution in [3.63, 3.8) is 0 Å². The van der Waals surface area contributed by atoms with Gasteiger partial charge < -0.3 is 4.57 Å². The Bertz CT molecular complexity index is 632. The van der Waals surface area contributed by atoms with Gasteiger partial charge in [-0.05, 0) is 12.1 Å². The van der Waals surface area contributed by atoms with Crippen LogP contribution in [0.4, 0.5) is 0 Å². The minimum absolute atomic E-state index is 0.516. The fourth-order valence-electron chi connectivity index (χ4n) is 1.72. The Labute approximate surface area is 112 Å². The highest BCUT2D eigenvalue weighted by Crippen LogP contribution is 2.26. The van der Waals surface area contributed by atoms with E-state index in [4.69, 9.17) is 23.2 Å². The van der Waals surface area contributed by atoms with Gasteiger partial charge in [0.2, 0.25) is 0 Å². The maximum absolute atomic E-state index is 5.91. The summed E-state index contributed by atoms with van der Waals surface area (Å²) < 4.78 is 2.64. The van der Waals surface area contributed by atoms with Crippen LogP contribution in [0.1, 0.15) is 4.88 Å². The molecule has 0 atom stereocenters. The van der Waals surface area contributed by atoms with Crippen LogP contribution in [-0.4, -0.2) is 14.5 Å². The molecule has 6 heteroatoms. The summed E-state index contributed by atoms with van der Waals surface area (Å²) in [4.78, 5) is 9.36. The van der Waals surface area contributed by atoms with Crippen LogP contribution in [0.15, 0.2) is 30.6 Å². The second-order valence-corrected chi connectivity index (χ2v) is 5.65. The van der Waals surface area contributed by atoms with Gasteiger partial charge in [0.15, 0.2) is 4.47 Å². The van der Waals surface area contributed by atoms with E-state index in [-0.39, 0.29) is 0 Å². The molecule has 0 spiro atoms. The van der Waals surface area contributed by atoms with Crippen molar-refractivity contribution >= 4 is 34.5 Å². The number of pyridine rings is 1. The van der Waals surface area contributed by atoms with Crippen LogP contribution in [0.3, 0.4) is 0 Å². The molecule has 0 bridgehead atoms. The molecule has 3 rings (SSSR count). The highest BCUT2D eigenvalue weighted by atomic mass is 35.5. The third-order valence-electron chi connectivity index (χ3n) is 2.43. The van der Waals surface area contributed by atoms with Crippen molar-refractivity contribution in [3.05, 3.63) is 45.1 Å². The summed E-state index contributed by atoms with van der Waals surface area (Å²) in [7, 11) is 0. The maximum Gasteiger partial charge on any atom is 0.183 e. The van der Waals surface area contributed by atoms with Crippen molar-refractivity contribution in [2.45, 2.75) is 6.54 Å². The number of hydrogen-bond acceptors (Lipinski definition) is 3. The lowest BCUT2D eigenvalue weighted by molar-refractivity contribution is 0.810. The number of fused-ring (bicyclic) bond motifs is 1. The van der Waals surface area contributed by atoms with E-state index in [2.05, 4.69) is 14.5 Å². The average molecular weight is 284 g/mol. The summed E-state index contributed by atoms with van der Waals surface area (Å²) in [5.74, 6) is 0. The largest absolute Gasteiger partial charge is 0.341 e. The first kappa shape index (κ1) is 11.0. The van der Waals surface area contributed by atoms with E-state index in [1.807, 2.05) is 24.4 Å². The van der Waals surface area contributed by atoms with Crippen LogP contribution in [0.5, 0.6) is 0 Å². The lowest BCUT2D eigenvalue weighted by atomic mass is 10.3. The van der Waals surface area contributed by atoms with Gasteiger partial charge in [-0.2, -0.15) is 0 Å². The Morgan fingerprint density at radius 3 is 3.00 bits per heavy atom. The highest BCUT2D eigenvalue weighted by molar-refractivity contribution is 7.15. The van der Waals surface area contributed by atoms with Gasteiger partial charge in [0.25, 0.3) is 0 Å². The number of thiazole rings is 1. The molecule has 0 fully saturated rings. The molecule has 0 saturated heterocycles. The molecule has 0 N–H and O–H groups in total. The molecule has 0 radical (unpaired) electrons. The maximum atomic E-state index is 5.91. The fourth-order valence-corrected chi connectivity index (χ4v) is 2.90. The smallest absolute Gasteiger partial charge is 0.183 e. The topological polar surface area (TPSA) is 30.7 Å². The van der Waals surface area contributed by atoms with E-state index in [1.54, 1.807) is 6.20 Å². The molecule has 17 heavy (non-hydrogen) atoms. The molecule has 3 nitrogen and oxygen atoms in total. The molecule has 86 valence electrons. The zero-order chi connectivity index (χ0) is 11.8. The standard InChI is InChI=1S/C11H7Cl2N3S/c12-10-4-9-8(15-10)2-1-3-16(9)6-7-5-14-11(13)17-7/h1-5H,6H2. The first-order chi connectivity index (χ1) is 8.22. The summed E-state index contributed by atoms with van der Waals surface area (Å²) in [6, 6.07) is 5.76. The van der Waals surface area contributed by atoms with E-state index in [1.165, 1.54) is 11.3 Å². The predicted molar refractivity (Wildman–Crippen MR) is 70.1 cm³/mol. The van der Waals surface area contributed by atoms with Gasteiger partial charge in [0, 0.05) is 23.3 Å². The molecule has 0 aromatic carbocycles. The van der Waals surface area contributed by atoms with E-state index >= 15 is 0 Å². The molecule has 0 saturated carbocycles. The minimum atomic E-state index is 0.516. The summed E-state index contributed by atoms with van der Waals surface area (Å²) in [5.41, 5.74) is 1.91. The lowest BCUT2D eigenvalue weighted by Gasteiger charge is -2.09. The van der Waals surface area contributed by atoms with Crippen LogP contribution >= 0.6 is 34.5 Å². The van der Waals surface area contributed by atoms with Gasteiger partial charge in [-0.15, -0.1) is 11.3 Å². The van der Waals surface area contributed by atoms with Crippen molar-refractivity contribution in [1.82, 2.24) is 14.5 Å². The molecule has 2 aliphatic heterocycles. The number of halogens is 2. The van der Waals surface area contributed by atoms with Crippen molar-refractivity contribution < 1.29 is 0 Å². The Morgan fingerprint density at radius 1 is 1.35 bits per heavy atom. The van der Waals surface area contributed by atoms with Crippen molar-refractivity contribution in [2.24, 2.45) is 0 Å². The minimum Gasteiger partial charge on any atom is -0.341 e. The van der Waals surface area contributed by atoms with Crippen LogP contribution < -0.4 is 0 Å². The van der Waals surface area contributed by atoms with Gasteiger partial charge in [-0.25, -0.2) is 9.97 Å². The first-order valence-electron chi connectivity index (χ1n) is 4.94. The van der Waals surface area contributed by atoms with E-state index < -0.39 is 0 Å². The number of rotatable bonds is 2. The van der Waals surface area contributed by atoms with Gasteiger partial charge >= 0.3 is 0 Å². The number of nitrogens with zero attached hydrogens (tertiary/aromatic N) is 3. The first-order valence-corrected chi connectivity index (χ1v) is 6.51. The van der Waals surface area contributed by atoms with Gasteiger partial charge in [-0.1, -0.05) is 23.2 Å². The predicted octanol–water partition coefficient (Wildman–Crippen LogP) is 3.80. The van der Waals surface area contributed by atoms with Gasteiger partial charge in [-0.3, -0.25) is 0 Å². The lowest BCUT2D eigenvalue weighted by Crippen LogP contribution is -2.01. The van der Waals surface area contributed by atoms with E-state index in [0.29, 0.717) is 9.62 Å². The summed E-state index contributed by atoms with van der Waals surface area (Å²) in [6.45, 7) is 0.726. The molecule has 0 aliphatic carbocycles. The molecular formula is C11H7Cl2N3S.